The summed E-state index contributed by atoms with van der Waals surface area (Å²) < 4.78 is 2.23. The Labute approximate surface area is 217 Å². The quantitative estimate of drug-likeness (QED) is 0.342. The molecule has 1 atom stereocenters. The summed E-state index contributed by atoms with van der Waals surface area (Å²) in [6, 6.07) is 21.3. The molecule has 4 aromatic rings. The van der Waals surface area contributed by atoms with Crippen LogP contribution in [0.4, 0.5) is 0 Å². The number of likely N-dealkylation sites (tertiary alicyclic amines) is 1. The molecule has 1 amide bonds. The van der Waals surface area contributed by atoms with Gasteiger partial charge < -0.3 is 5.32 Å². The van der Waals surface area contributed by atoms with Gasteiger partial charge in [0, 0.05) is 36.5 Å². The summed E-state index contributed by atoms with van der Waals surface area (Å²) in [4.78, 5) is 21.4. The number of imidazole rings is 1. The molecule has 1 unspecified atom stereocenters. The molecule has 0 bridgehead atoms. The highest BCUT2D eigenvalue weighted by Gasteiger charge is 2.58. The Morgan fingerprint density at radius 1 is 1.08 bits per heavy atom. The third-order valence-electron chi connectivity index (χ3n) is 8.43. The lowest BCUT2D eigenvalue weighted by Crippen LogP contribution is -2.37. The van der Waals surface area contributed by atoms with Gasteiger partial charge in [0.05, 0.1) is 11.4 Å². The SMILES string of the molecule is Cc1nc2sccn2c1CN1CCC2(CC1)CC2C(=O)NCCC(c1ccccc1)c1ccccc1. The van der Waals surface area contributed by atoms with Crippen molar-refractivity contribution in [2.75, 3.05) is 19.6 Å². The van der Waals surface area contributed by atoms with Gasteiger partial charge in [-0.1, -0.05) is 60.7 Å². The fraction of sp³-hybridized carbons (Fsp3) is 0.400. The van der Waals surface area contributed by atoms with Gasteiger partial charge in [-0.2, -0.15) is 0 Å². The fourth-order valence-electron chi connectivity index (χ4n) is 6.13. The predicted octanol–water partition coefficient (Wildman–Crippen LogP) is 5.64. The zero-order chi connectivity index (χ0) is 24.5. The molecule has 3 heterocycles. The van der Waals surface area contributed by atoms with E-state index in [-0.39, 0.29) is 17.2 Å². The monoisotopic (exact) mass is 498 g/mol. The van der Waals surface area contributed by atoms with Crippen molar-refractivity contribution < 1.29 is 4.79 Å². The molecule has 1 spiro atoms. The third kappa shape index (κ3) is 4.60. The highest BCUT2D eigenvalue weighted by Crippen LogP contribution is 2.59. The van der Waals surface area contributed by atoms with Crippen molar-refractivity contribution in [3.05, 3.63) is 94.8 Å². The van der Waals surface area contributed by atoms with Gasteiger partial charge in [0.15, 0.2) is 4.96 Å². The molecule has 1 aliphatic heterocycles. The lowest BCUT2D eigenvalue weighted by molar-refractivity contribution is -0.123. The van der Waals surface area contributed by atoms with Crippen LogP contribution in [-0.4, -0.2) is 39.8 Å². The number of piperidine rings is 1. The predicted molar refractivity (Wildman–Crippen MR) is 145 cm³/mol. The maximum Gasteiger partial charge on any atom is 0.223 e. The number of benzene rings is 2. The van der Waals surface area contributed by atoms with E-state index in [0.717, 1.165) is 56.0 Å². The maximum absolute atomic E-state index is 13.1. The summed E-state index contributed by atoms with van der Waals surface area (Å²) in [6.45, 7) is 5.89. The van der Waals surface area contributed by atoms with Crippen molar-refractivity contribution in [3.8, 4) is 0 Å². The van der Waals surface area contributed by atoms with E-state index in [1.165, 1.54) is 16.8 Å². The summed E-state index contributed by atoms with van der Waals surface area (Å²) in [5.74, 6) is 0.743. The lowest BCUT2D eigenvalue weighted by atomic mass is 9.88. The summed E-state index contributed by atoms with van der Waals surface area (Å²) in [5.41, 5.74) is 5.28. The Morgan fingerprint density at radius 2 is 1.75 bits per heavy atom. The first kappa shape index (κ1) is 23.4. The molecule has 1 aliphatic carbocycles. The first-order valence-corrected chi connectivity index (χ1v) is 14.0. The number of thiazole rings is 1. The number of aryl methyl sites for hydroxylation is 1. The standard InChI is InChI=1S/C30H34N4OS/c1-22-27(34-18-19-36-29(34)32-22)21-33-16-13-30(14-17-33)20-26(30)28(35)31-15-12-25(23-8-4-2-5-9-23)24-10-6-3-7-11-24/h2-11,18-19,25-26H,12-17,20-21H2,1H3,(H,31,35). The van der Waals surface area contributed by atoms with Gasteiger partial charge >= 0.3 is 0 Å². The summed E-state index contributed by atoms with van der Waals surface area (Å²) in [7, 11) is 0. The van der Waals surface area contributed by atoms with Gasteiger partial charge in [0.2, 0.25) is 5.91 Å². The van der Waals surface area contributed by atoms with Gasteiger partial charge in [-0.05, 0) is 62.2 Å². The number of carbonyl (C=O) groups is 1. The number of fused-ring (bicyclic) bond motifs is 1. The van der Waals surface area contributed by atoms with E-state index in [1.807, 2.05) is 0 Å². The molecule has 2 aliphatic rings. The van der Waals surface area contributed by atoms with E-state index in [9.17, 15) is 4.79 Å². The van der Waals surface area contributed by atoms with Gasteiger partial charge in [0.1, 0.15) is 0 Å². The molecule has 0 radical (unpaired) electrons. The van der Waals surface area contributed by atoms with Crippen LogP contribution in [0.25, 0.3) is 4.96 Å². The van der Waals surface area contributed by atoms with Crippen molar-refractivity contribution in [2.45, 2.75) is 45.1 Å². The summed E-state index contributed by atoms with van der Waals surface area (Å²) in [6.07, 6.45) is 6.32. The number of nitrogens with one attached hydrogen (secondary N) is 1. The molecule has 6 heteroatoms. The molecule has 1 saturated carbocycles. The molecule has 36 heavy (non-hydrogen) atoms. The second-order valence-corrected chi connectivity index (χ2v) is 11.4. The van der Waals surface area contributed by atoms with E-state index >= 15 is 0 Å². The largest absolute Gasteiger partial charge is 0.356 e. The van der Waals surface area contributed by atoms with Crippen LogP contribution in [0.15, 0.2) is 72.2 Å². The van der Waals surface area contributed by atoms with Crippen molar-refractivity contribution in [3.63, 3.8) is 0 Å². The van der Waals surface area contributed by atoms with Crippen molar-refractivity contribution in [1.29, 1.82) is 0 Å². The molecular formula is C30H34N4OS. The lowest BCUT2D eigenvalue weighted by Gasteiger charge is -2.32. The fourth-order valence-corrected chi connectivity index (χ4v) is 6.91. The van der Waals surface area contributed by atoms with Gasteiger partial charge in [-0.25, -0.2) is 4.98 Å². The van der Waals surface area contributed by atoms with Crippen LogP contribution >= 0.6 is 11.3 Å². The minimum absolute atomic E-state index is 0.187. The minimum atomic E-state index is 0.187. The topological polar surface area (TPSA) is 49.6 Å². The number of hydrogen-bond acceptors (Lipinski definition) is 4. The second kappa shape index (κ2) is 9.83. The zero-order valence-corrected chi connectivity index (χ0v) is 21.7. The van der Waals surface area contributed by atoms with Gasteiger partial charge in [-0.15, -0.1) is 11.3 Å². The first-order chi connectivity index (χ1) is 17.6. The van der Waals surface area contributed by atoms with Crippen LogP contribution in [0, 0.1) is 18.3 Å². The second-order valence-electron chi connectivity index (χ2n) is 10.5. The molecule has 2 aromatic heterocycles. The smallest absolute Gasteiger partial charge is 0.223 e. The van der Waals surface area contributed by atoms with Gasteiger partial charge in [-0.3, -0.25) is 14.1 Å². The number of amides is 1. The Hall–Kier alpha value is -2.96. The molecule has 186 valence electrons. The van der Waals surface area contributed by atoms with Crippen molar-refractivity contribution >= 4 is 22.2 Å². The number of rotatable bonds is 8. The Balaban J connectivity index is 1.01. The van der Waals surface area contributed by atoms with Crippen LogP contribution in [0.3, 0.4) is 0 Å². The highest BCUT2D eigenvalue weighted by atomic mass is 32.1. The van der Waals surface area contributed by atoms with Crippen molar-refractivity contribution in [2.24, 2.45) is 11.3 Å². The number of nitrogens with zero attached hydrogens (tertiary/aromatic N) is 3. The Morgan fingerprint density at radius 3 is 2.42 bits per heavy atom. The van der Waals surface area contributed by atoms with Crippen molar-refractivity contribution in [1.82, 2.24) is 19.6 Å². The van der Waals surface area contributed by atoms with E-state index in [4.69, 9.17) is 4.98 Å². The van der Waals surface area contributed by atoms with Crippen LogP contribution < -0.4 is 5.32 Å². The summed E-state index contributed by atoms with van der Waals surface area (Å²) >= 11 is 1.69. The summed E-state index contributed by atoms with van der Waals surface area (Å²) in [5, 5.41) is 5.40. The number of carbonyl (C=O) groups excluding carboxylic acids is 1. The van der Waals surface area contributed by atoms with Crippen LogP contribution in [0.5, 0.6) is 0 Å². The minimum Gasteiger partial charge on any atom is -0.356 e. The van der Waals surface area contributed by atoms with E-state index in [0.29, 0.717) is 12.5 Å². The molecule has 6 rings (SSSR count). The maximum atomic E-state index is 13.1. The Kier molecular flexibility index (Phi) is 6.40. The average Bonchev–Trinajstić information content (AvgIpc) is 3.27. The third-order valence-corrected chi connectivity index (χ3v) is 9.19. The Bertz CT molecular complexity index is 1280. The van der Waals surface area contributed by atoms with E-state index in [1.54, 1.807) is 11.3 Å². The normalized spacial score (nSPS) is 19.2. The molecule has 1 saturated heterocycles. The zero-order valence-electron chi connectivity index (χ0n) is 20.9. The molecule has 5 nitrogen and oxygen atoms in total. The highest BCUT2D eigenvalue weighted by molar-refractivity contribution is 7.15. The molecular weight excluding hydrogens is 464 g/mol. The number of hydrogen-bond donors (Lipinski definition) is 1. The van der Waals surface area contributed by atoms with E-state index in [2.05, 4.69) is 93.8 Å². The number of aromatic nitrogens is 2. The molecule has 2 aromatic carbocycles. The first-order valence-electron chi connectivity index (χ1n) is 13.1. The van der Waals surface area contributed by atoms with E-state index < -0.39 is 0 Å². The molecule has 2 fully saturated rings. The molecule has 1 N–H and O–H groups in total. The van der Waals surface area contributed by atoms with Crippen LogP contribution in [-0.2, 0) is 11.3 Å². The van der Waals surface area contributed by atoms with Crippen LogP contribution in [0.2, 0.25) is 0 Å². The van der Waals surface area contributed by atoms with Gasteiger partial charge in [0.25, 0.3) is 0 Å². The average molecular weight is 499 g/mol. The van der Waals surface area contributed by atoms with Crippen LogP contribution in [0.1, 0.15) is 54.1 Å².